The highest BCUT2D eigenvalue weighted by Crippen LogP contribution is 2.49. The molecule has 8 nitrogen and oxygen atoms in total. The Kier molecular flexibility index (Phi) is 5.41. The Labute approximate surface area is 177 Å². The topological polar surface area (TPSA) is 106 Å². The molecule has 2 amide bonds. The third-order valence-corrected chi connectivity index (χ3v) is 4.96. The van der Waals surface area contributed by atoms with Crippen LogP contribution in [0.25, 0.3) is 11.5 Å². The van der Waals surface area contributed by atoms with Gasteiger partial charge in [0, 0.05) is 22.0 Å². The van der Waals surface area contributed by atoms with Crippen molar-refractivity contribution in [2.45, 2.75) is 25.2 Å². The van der Waals surface area contributed by atoms with E-state index in [1.54, 1.807) is 55.5 Å². The number of esters is 1. The van der Waals surface area contributed by atoms with E-state index in [1.807, 2.05) is 0 Å². The predicted octanol–water partition coefficient (Wildman–Crippen LogP) is 4.63. The van der Waals surface area contributed by atoms with E-state index in [0.717, 1.165) is 0 Å². The average molecular weight is 427 g/mol. The number of halogens is 1. The summed E-state index contributed by atoms with van der Waals surface area (Å²) in [6.45, 7) is 2.07. The Morgan fingerprint density at radius 1 is 1.10 bits per heavy atom. The summed E-state index contributed by atoms with van der Waals surface area (Å²) in [4.78, 5) is 24.3. The first kappa shape index (κ1) is 19.9. The van der Waals surface area contributed by atoms with Crippen molar-refractivity contribution in [1.82, 2.24) is 10.2 Å². The highest BCUT2D eigenvalue weighted by molar-refractivity contribution is 6.30. The lowest BCUT2D eigenvalue weighted by Gasteiger charge is -2.09. The lowest BCUT2D eigenvalue weighted by atomic mass is 10.1. The number of carbonyl (C=O) groups excluding carboxylic acids is 2. The van der Waals surface area contributed by atoms with Crippen LogP contribution in [-0.4, -0.2) is 28.8 Å². The summed E-state index contributed by atoms with van der Waals surface area (Å²) in [5, 5.41) is 14.1. The molecule has 4 rings (SSSR count). The predicted molar refractivity (Wildman–Crippen MR) is 111 cm³/mol. The summed E-state index contributed by atoms with van der Waals surface area (Å²) in [5.41, 5.74) is 1.05. The van der Waals surface area contributed by atoms with E-state index in [2.05, 4.69) is 20.8 Å². The van der Waals surface area contributed by atoms with E-state index in [0.29, 0.717) is 47.3 Å². The third kappa shape index (κ3) is 4.13. The molecule has 0 atom stereocenters. The summed E-state index contributed by atoms with van der Waals surface area (Å²) in [6, 6.07) is 13.4. The zero-order valence-corrected chi connectivity index (χ0v) is 16.9. The number of benzene rings is 2. The molecular weight excluding hydrogens is 408 g/mol. The van der Waals surface area contributed by atoms with Crippen molar-refractivity contribution in [3.63, 3.8) is 0 Å². The second kappa shape index (κ2) is 8.16. The molecule has 0 saturated heterocycles. The maximum absolute atomic E-state index is 12.2. The van der Waals surface area contributed by atoms with Crippen molar-refractivity contribution in [2.24, 2.45) is 0 Å². The lowest BCUT2D eigenvalue weighted by Crippen LogP contribution is -2.23. The van der Waals surface area contributed by atoms with Crippen LogP contribution in [0.5, 0.6) is 0 Å². The molecule has 0 unspecified atom stereocenters. The van der Waals surface area contributed by atoms with Crippen molar-refractivity contribution < 1.29 is 18.7 Å². The summed E-state index contributed by atoms with van der Waals surface area (Å²) in [5.74, 6) is 0.250. The van der Waals surface area contributed by atoms with Gasteiger partial charge in [-0.2, -0.15) is 0 Å². The average Bonchev–Trinajstić information content (AvgIpc) is 3.39. The molecule has 1 aliphatic rings. The van der Waals surface area contributed by atoms with Gasteiger partial charge in [0.15, 0.2) is 0 Å². The molecule has 9 heteroatoms. The largest absolute Gasteiger partial charge is 0.465 e. The number of carbonyl (C=O) groups is 2. The van der Waals surface area contributed by atoms with Crippen LogP contribution in [-0.2, 0) is 14.9 Å². The zero-order valence-electron chi connectivity index (χ0n) is 16.1. The lowest BCUT2D eigenvalue weighted by molar-refractivity contribution is -0.146. The first-order valence-electron chi connectivity index (χ1n) is 9.45. The molecule has 154 valence electrons. The number of amides is 2. The van der Waals surface area contributed by atoms with Crippen LogP contribution >= 0.6 is 11.6 Å². The van der Waals surface area contributed by atoms with Gasteiger partial charge in [-0.05, 0) is 62.2 Å². The van der Waals surface area contributed by atoms with Gasteiger partial charge in [-0.1, -0.05) is 17.7 Å². The van der Waals surface area contributed by atoms with Gasteiger partial charge in [0.1, 0.15) is 5.41 Å². The van der Waals surface area contributed by atoms with Gasteiger partial charge in [-0.3, -0.25) is 4.79 Å². The van der Waals surface area contributed by atoms with Crippen molar-refractivity contribution in [2.75, 3.05) is 17.2 Å². The highest BCUT2D eigenvalue weighted by atomic mass is 35.5. The number of aromatic nitrogens is 2. The van der Waals surface area contributed by atoms with Crippen LogP contribution in [0, 0.1) is 0 Å². The minimum atomic E-state index is -0.804. The molecule has 1 saturated carbocycles. The number of rotatable bonds is 6. The Morgan fingerprint density at radius 3 is 2.50 bits per heavy atom. The van der Waals surface area contributed by atoms with Crippen LogP contribution in [0.2, 0.25) is 5.02 Å². The van der Waals surface area contributed by atoms with Gasteiger partial charge < -0.3 is 19.8 Å². The van der Waals surface area contributed by atoms with Crippen molar-refractivity contribution in [3.05, 3.63) is 59.4 Å². The first-order chi connectivity index (χ1) is 14.5. The maximum atomic E-state index is 12.2. The van der Waals surface area contributed by atoms with Crippen molar-refractivity contribution in [3.8, 4) is 11.5 Å². The Bertz CT molecular complexity index is 1080. The molecule has 1 aromatic heterocycles. The SMILES string of the molecule is CCOC(=O)C1(c2nnc(-c3ccc(NC(=O)Nc4cccc(Cl)c4)cc3)o2)CC1. The number of hydrogen-bond donors (Lipinski definition) is 2. The van der Waals surface area contributed by atoms with E-state index in [4.69, 9.17) is 20.8 Å². The summed E-state index contributed by atoms with van der Waals surface area (Å²) >= 11 is 5.91. The molecule has 2 aromatic carbocycles. The molecule has 0 aliphatic heterocycles. The van der Waals surface area contributed by atoms with Crippen molar-refractivity contribution in [1.29, 1.82) is 0 Å². The minimum Gasteiger partial charge on any atom is -0.465 e. The standard InChI is InChI=1S/C21H19ClN4O4/c1-2-29-19(27)21(10-11-21)18-26-25-17(30-18)13-6-8-15(9-7-13)23-20(28)24-16-5-3-4-14(22)12-16/h3-9,12H,2,10-11H2,1H3,(H2,23,24,28). The van der Waals surface area contributed by atoms with E-state index in [1.165, 1.54) is 0 Å². The van der Waals surface area contributed by atoms with Gasteiger partial charge in [-0.25, -0.2) is 4.79 Å². The number of ether oxygens (including phenoxy) is 1. The van der Waals surface area contributed by atoms with E-state index in [-0.39, 0.29) is 11.9 Å². The number of anilines is 2. The third-order valence-electron chi connectivity index (χ3n) is 4.72. The van der Waals surface area contributed by atoms with Crippen LogP contribution in [0.3, 0.4) is 0 Å². The van der Waals surface area contributed by atoms with E-state index in [9.17, 15) is 9.59 Å². The zero-order chi connectivity index (χ0) is 21.1. The van der Waals surface area contributed by atoms with Gasteiger partial charge >= 0.3 is 12.0 Å². The number of nitrogens with zero attached hydrogens (tertiary/aromatic N) is 2. The minimum absolute atomic E-state index is 0.277. The smallest absolute Gasteiger partial charge is 0.323 e. The summed E-state index contributed by atoms with van der Waals surface area (Å²) in [6.07, 6.45) is 1.27. The Hall–Kier alpha value is -3.39. The fraction of sp³-hybridized carbons (Fsp3) is 0.238. The number of hydrogen-bond acceptors (Lipinski definition) is 6. The van der Waals surface area contributed by atoms with E-state index < -0.39 is 11.4 Å². The molecule has 3 aromatic rings. The van der Waals surface area contributed by atoms with E-state index >= 15 is 0 Å². The van der Waals surface area contributed by atoms with Crippen molar-refractivity contribution >= 4 is 35.0 Å². The molecule has 2 N–H and O–H groups in total. The Balaban J connectivity index is 1.41. The quantitative estimate of drug-likeness (QED) is 0.556. The van der Waals surface area contributed by atoms with Gasteiger partial charge in [0.05, 0.1) is 6.61 Å². The van der Waals surface area contributed by atoms with Crippen LogP contribution in [0.15, 0.2) is 52.9 Å². The molecule has 1 heterocycles. The van der Waals surface area contributed by atoms with Crippen LogP contribution in [0.4, 0.5) is 16.2 Å². The molecule has 30 heavy (non-hydrogen) atoms. The fourth-order valence-electron chi connectivity index (χ4n) is 2.99. The van der Waals surface area contributed by atoms with Gasteiger partial charge in [0.25, 0.3) is 0 Å². The van der Waals surface area contributed by atoms with Gasteiger partial charge in [-0.15, -0.1) is 10.2 Å². The van der Waals surface area contributed by atoms with Crippen LogP contribution in [0.1, 0.15) is 25.7 Å². The molecule has 0 radical (unpaired) electrons. The first-order valence-corrected chi connectivity index (χ1v) is 9.83. The Morgan fingerprint density at radius 2 is 1.83 bits per heavy atom. The molecule has 1 aliphatic carbocycles. The molecule has 0 bridgehead atoms. The molecule has 0 spiro atoms. The maximum Gasteiger partial charge on any atom is 0.323 e. The molecular formula is C21H19ClN4O4. The molecule has 1 fully saturated rings. The highest BCUT2D eigenvalue weighted by Gasteiger charge is 2.57. The monoisotopic (exact) mass is 426 g/mol. The summed E-state index contributed by atoms with van der Waals surface area (Å²) < 4.78 is 10.9. The fourth-order valence-corrected chi connectivity index (χ4v) is 3.18. The number of nitrogens with one attached hydrogen (secondary N) is 2. The normalized spacial score (nSPS) is 14.1. The van der Waals surface area contributed by atoms with Crippen LogP contribution < -0.4 is 10.6 Å². The number of urea groups is 1. The second-order valence-electron chi connectivity index (χ2n) is 6.88. The second-order valence-corrected chi connectivity index (χ2v) is 7.32. The summed E-state index contributed by atoms with van der Waals surface area (Å²) in [7, 11) is 0. The van der Waals surface area contributed by atoms with Gasteiger partial charge in [0.2, 0.25) is 11.8 Å².